The third-order valence-electron chi connectivity index (χ3n) is 11.8. The van der Waals surface area contributed by atoms with Gasteiger partial charge >= 0.3 is 0 Å². The lowest BCUT2D eigenvalue weighted by molar-refractivity contribution is 0.433. The van der Waals surface area contributed by atoms with Crippen LogP contribution in [0.25, 0.3) is 70.8 Å². The van der Waals surface area contributed by atoms with Crippen molar-refractivity contribution in [1.82, 2.24) is 25.1 Å². The minimum absolute atomic E-state index is 0.298. The maximum atomic E-state index is 5.45. The van der Waals surface area contributed by atoms with E-state index in [4.69, 9.17) is 9.98 Å². The highest BCUT2D eigenvalue weighted by Gasteiger charge is 2.29. The van der Waals surface area contributed by atoms with Crippen molar-refractivity contribution in [3.8, 4) is 5.69 Å². The first-order valence-electron chi connectivity index (χ1n) is 19.9. The van der Waals surface area contributed by atoms with Crippen LogP contribution in [-0.4, -0.2) is 33.6 Å². The highest BCUT2D eigenvalue weighted by Crippen LogP contribution is 2.38. The van der Waals surface area contributed by atoms with Crippen LogP contribution in [0, 0.1) is 0 Å². The third-order valence-corrected chi connectivity index (χ3v) is 11.8. The number of nitrogens with one attached hydrogen (secondary N) is 3. The summed E-state index contributed by atoms with van der Waals surface area (Å²) in [5.41, 5.74) is 8.71. The molecule has 2 aromatic heterocycles. The van der Waals surface area contributed by atoms with Gasteiger partial charge in [0, 0.05) is 39.3 Å². The summed E-state index contributed by atoms with van der Waals surface area (Å²) >= 11 is 0. The molecule has 0 aliphatic carbocycles. The van der Waals surface area contributed by atoms with E-state index in [1.54, 1.807) is 0 Å². The molecule has 58 heavy (non-hydrogen) atoms. The van der Waals surface area contributed by atoms with Crippen molar-refractivity contribution < 1.29 is 0 Å². The first-order chi connectivity index (χ1) is 28.7. The van der Waals surface area contributed by atoms with E-state index in [0.29, 0.717) is 6.54 Å². The number of hydrogen-bond donors (Lipinski definition) is 3. The predicted octanol–water partition coefficient (Wildman–Crippen LogP) is 10.6. The van der Waals surface area contributed by atoms with Gasteiger partial charge in [0.25, 0.3) is 0 Å². The molecule has 0 fully saturated rings. The van der Waals surface area contributed by atoms with Gasteiger partial charge < -0.3 is 15.2 Å². The van der Waals surface area contributed by atoms with E-state index in [0.717, 1.165) is 50.9 Å². The number of hydrogen-bond acceptors (Lipinski definition) is 5. The second-order valence-electron chi connectivity index (χ2n) is 15.2. The van der Waals surface area contributed by atoms with Crippen LogP contribution in [0.15, 0.2) is 198 Å². The number of aliphatic imine (C=N–C) groups is 2. The minimum atomic E-state index is -0.312. The van der Waals surface area contributed by atoms with Crippen LogP contribution in [0.5, 0.6) is 0 Å². The van der Waals surface area contributed by atoms with E-state index in [1.165, 1.54) is 48.6 Å². The Bertz CT molecular complexity index is 3370. The van der Waals surface area contributed by atoms with Crippen LogP contribution in [0.4, 0.5) is 0 Å². The van der Waals surface area contributed by atoms with Crippen molar-refractivity contribution in [3.05, 3.63) is 199 Å². The summed E-state index contributed by atoms with van der Waals surface area (Å²) in [5, 5.41) is 20.9. The van der Waals surface area contributed by atoms with E-state index < -0.39 is 0 Å². The molecule has 3 N–H and O–H groups in total. The van der Waals surface area contributed by atoms with Gasteiger partial charge in [-0.15, -0.1) is 0 Å². The average Bonchev–Trinajstić information content (AvgIpc) is 3.80. The molecule has 4 heterocycles. The van der Waals surface area contributed by atoms with Crippen LogP contribution in [0.3, 0.4) is 0 Å². The van der Waals surface area contributed by atoms with E-state index in [9.17, 15) is 0 Å². The largest absolute Gasteiger partial charge is 0.352 e. The molecule has 2 unspecified atom stereocenters. The molecule has 0 saturated heterocycles. The lowest BCUT2D eigenvalue weighted by Gasteiger charge is -2.33. The van der Waals surface area contributed by atoms with E-state index in [-0.39, 0.29) is 12.3 Å². The SMILES string of the molecule is C1=C(C2NC(c3ccc4ccccc4c3)=NC(c3ccc4ccccc4c3)N2)N=C(n2c3ccccc3c3cc4c5ccccc5n(-c5ccccc5)c4cc32)NC1. The van der Waals surface area contributed by atoms with Gasteiger partial charge in [-0.1, -0.05) is 127 Å². The Morgan fingerprint density at radius 2 is 1.12 bits per heavy atom. The normalized spacial score (nSPS) is 17.1. The van der Waals surface area contributed by atoms with Crippen molar-refractivity contribution in [3.63, 3.8) is 0 Å². The van der Waals surface area contributed by atoms with Crippen LogP contribution >= 0.6 is 0 Å². The van der Waals surface area contributed by atoms with Gasteiger partial charge in [-0.2, -0.15) is 0 Å². The molecule has 8 aromatic carbocycles. The van der Waals surface area contributed by atoms with Gasteiger partial charge in [0.1, 0.15) is 18.2 Å². The molecule has 276 valence electrons. The molecule has 10 aromatic rings. The number of fused-ring (bicyclic) bond motifs is 8. The maximum absolute atomic E-state index is 5.45. The summed E-state index contributed by atoms with van der Waals surface area (Å²) in [5.74, 6) is 1.61. The number of para-hydroxylation sites is 3. The van der Waals surface area contributed by atoms with E-state index in [1.807, 2.05) is 0 Å². The monoisotopic (exact) mass is 747 g/mol. The zero-order valence-electron chi connectivity index (χ0n) is 31.5. The van der Waals surface area contributed by atoms with Gasteiger partial charge in [0.15, 0.2) is 0 Å². The van der Waals surface area contributed by atoms with Gasteiger partial charge in [-0.3, -0.25) is 9.88 Å². The molecular weight excluding hydrogens is 711 g/mol. The molecule has 0 radical (unpaired) electrons. The number of rotatable bonds is 4. The summed E-state index contributed by atoms with van der Waals surface area (Å²) < 4.78 is 4.68. The molecule has 0 bridgehead atoms. The Labute approximate surface area is 334 Å². The topological polar surface area (TPSA) is 70.7 Å². The van der Waals surface area contributed by atoms with Crippen molar-refractivity contribution in [1.29, 1.82) is 0 Å². The Morgan fingerprint density at radius 3 is 1.88 bits per heavy atom. The van der Waals surface area contributed by atoms with Crippen molar-refractivity contribution in [2.75, 3.05) is 6.54 Å². The van der Waals surface area contributed by atoms with E-state index in [2.05, 4.69) is 207 Å². The van der Waals surface area contributed by atoms with Gasteiger partial charge in [0.05, 0.1) is 27.8 Å². The Morgan fingerprint density at radius 1 is 0.500 bits per heavy atom. The second kappa shape index (κ2) is 13.0. The second-order valence-corrected chi connectivity index (χ2v) is 15.2. The highest BCUT2D eigenvalue weighted by molar-refractivity contribution is 6.21. The Hall–Kier alpha value is -7.48. The molecule has 0 amide bonds. The highest BCUT2D eigenvalue weighted by atomic mass is 15.3. The molecule has 0 spiro atoms. The van der Waals surface area contributed by atoms with Gasteiger partial charge in [-0.05, 0) is 81.7 Å². The van der Waals surface area contributed by atoms with Crippen molar-refractivity contribution in [2.45, 2.75) is 12.3 Å². The number of aromatic nitrogens is 2. The molecule has 0 saturated carbocycles. The quantitative estimate of drug-likeness (QED) is 0.168. The molecule has 7 nitrogen and oxygen atoms in total. The fraction of sp³-hybridized carbons (Fsp3) is 0.0588. The van der Waals surface area contributed by atoms with Crippen LogP contribution in [-0.2, 0) is 0 Å². The summed E-state index contributed by atoms with van der Waals surface area (Å²) in [6.07, 6.45) is 1.56. The molecule has 2 atom stereocenters. The number of nitrogens with zero attached hydrogens (tertiary/aromatic N) is 4. The zero-order valence-corrected chi connectivity index (χ0v) is 31.5. The number of amidine groups is 1. The van der Waals surface area contributed by atoms with Crippen LogP contribution in [0.2, 0.25) is 0 Å². The first-order valence-corrected chi connectivity index (χ1v) is 19.9. The van der Waals surface area contributed by atoms with Crippen molar-refractivity contribution in [2.24, 2.45) is 9.98 Å². The lowest BCUT2D eigenvalue weighted by atomic mass is 10.0. The Kier molecular flexibility index (Phi) is 7.36. The molecule has 2 aliphatic heterocycles. The van der Waals surface area contributed by atoms with Crippen LogP contribution < -0.4 is 16.0 Å². The summed E-state index contributed by atoms with van der Waals surface area (Å²) in [6.45, 7) is 0.623. The molecule has 12 rings (SSSR count). The maximum Gasteiger partial charge on any atom is 0.208 e. The predicted molar refractivity (Wildman–Crippen MR) is 240 cm³/mol. The van der Waals surface area contributed by atoms with Crippen molar-refractivity contribution >= 4 is 77.0 Å². The van der Waals surface area contributed by atoms with Gasteiger partial charge in [0.2, 0.25) is 5.96 Å². The fourth-order valence-corrected chi connectivity index (χ4v) is 9.02. The molecule has 7 heteroatoms. The smallest absolute Gasteiger partial charge is 0.208 e. The Balaban J connectivity index is 1.01. The lowest BCUT2D eigenvalue weighted by Crippen LogP contribution is -2.53. The molecule has 2 aliphatic rings. The zero-order chi connectivity index (χ0) is 38.2. The molecular formula is C51H37N7. The third kappa shape index (κ3) is 5.25. The van der Waals surface area contributed by atoms with Crippen LogP contribution in [0.1, 0.15) is 17.3 Å². The minimum Gasteiger partial charge on any atom is -0.352 e. The fourth-order valence-electron chi connectivity index (χ4n) is 9.02. The average molecular weight is 748 g/mol. The number of benzene rings is 8. The summed E-state index contributed by atoms with van der Waals surface area (Å²) in [4.78, 5) is 10.8. The van der Waals surface area contributed by atoms with Gasteiger partial charge in [-0.25, -0.2) is 9.98 Å². The first kappa shape index (κ1) is 32.7. The summed E-state index contributed by atoms with van der Waals surface area (Å²) in [7, 11) is 0. The van der Waals surface area contributed by atoms with E-state index >= 15 is 0 Å². The summed E-state index contributed by atoms with van der Waals surface area (Å²) in [6, 6.07) is 62.8. The standard InChI is InChI=1S/C51H37N7/c1-2-16-38(17-3-1)57-44-20-10-8-18-39(44)41-30-42-40-19-9-11-21-45(40)58(47(42)31-46(41)57)51-52-27-26-43(53-51)50-55-48(36-24-22-32-12-4-6-14-34(32)28-36)54-49(56-50)37-25-23-33-13-5-7-15-35(33)29-37/h1-26,28-31,48,50,55H,27H2,(H,52,53)(H,54,56).